The lowest BCUT2D eigenvalue weighted by molar-refractivity contribution is -0.119. The summed E-state index contributed by atoms with van der Waals surface area (Å²) in [7, 11) is 0. The lowest BCUT2D eigenvalue weighted by Gasteiger charge is -2.32. The molecule has 5 heteroatoms. The summed E-state index contributed by atoms with van der Waals surface area (Å²) in [6, 6.07) is 12.9. The fraction of sp³-hybridized carbons (Fsp3) is 0.393. The van der Waals surface area contributed by atoms with Crippen LogP contribution in [-0.4, -0.2) is 28.5 Å². The first-order chi connectivity index (χ1) is 15.9. The standard InChI is InChI=1S/C28H32N2O3/c1-4-23(31)13-15-26(19(3)20-9-7-10-20)30-17-21-16-22(12-14-25(21)28(30)33)29-27(32)24-11-6-5-8-18(24)2/h5-6,8,11-12,14,16,26H,4,7,9-10,13,15,17H2,1-3H3,(H,29,32). The number of nitrogens with one attached hydrogen (secondary N) is 1. The molecule has 2 aliphatic rings. The fourth-order valence-electron chi connectivity index (χ4n) is 4.76. The second-order valence-electron chi connectivity index (χ2n) is 9.16. The van der Waals surface area contributed by atoms with Gasteiger partial charge in [0.1, 0.15) is 5.78 Å². The predicted molar refractivity (Wildman–Crippen MR) is 130 cm³/mol. The quantitative estimate of drug-likeness (QED) is 0.521. The molecule has 1 heterocycles. The molecule has 2 aromatic carbocycles. The Kier molecular flexibility index (Phi) is 6.77. The largest absolute Gasteiger partial charge is 0.328 e. The highest BCUT2D eigenvalue weighted by Gasteiger charge is 2.35. The number of amides is 2. The van der Waals surface area contributed by atoms with Crippen molar-refractivity contribution in [2.24, 2.45) is 0 Å². The van der Waals surface area contributed by atoms with Gasteiger partial charge in [0.2, 0.25) is 0 Å². The van der Waals surface area contributed by atoms with Crippen molar-refractivity contribution in [2.45, 2.75) is 71.9 Å². The van der Waals surface area contributed by atoms with Crippen molar-refractivity contribution in [3.63, 3.8) is 0 Å². The number of Topliss-reactive ketones (excluding diaryl/α,β-unsaturated/α-hetero) is 1. The van der Waals surface area contributed by atoms with Gasteiger partial charge in [-0.05, 0) is 74.9 Å². The van der Waals surface area contributed by atoms with Gasteiger partial charge in [-0.15, -0.1) is 0 Å². The number of carbonyl (C=O) groups is 3. The Morgan fingerprint density at radius 3 is 2.55 bits per heavy atom. The highest BCUT2D eigenvalue weighted by atomic mass is 16.2. The number of benzene rings is 2. The lowest BCUT2D eigenvalue weighted by Crippen LogP contribution is -2.37. The van der Waals surface area contributed by atoms with Gasteiger partial charge in [0.05, 0.1) is 6.04 Å². The Bertz CT molecular complexity index is 1130. The van der Waals surface area contributed by atoms with Crippen LogP contribution >= 0.6 is 0 Å². The maximum Gasteiger partial charge on any atom is 0.255 e. The summed E-state index contributed by atoms with van der Waals surface area (Å²) in [6.07, 6.45) is 5.07. The Labute approximate surface area is 195 Å². The third-order valence-corrected chi connectivity index (χ3v) is 7.07. The van der Waals surface area contributed by atoms with Crippen LogP contribution in [0.5, 0.6) is 0 Å². The van der Waals surface area contributed by atoms with E-state index < -0.39 is 0 Å². The van der Waals surface area contributed by atoms with Gasteiger partial charge in [-0.2, -0.15) is 0 Å². The maximum atomic E-state index is 13.3. The van der Waals surface area contributed by atoms with Gasteiger partial charge in [-0.3, -0.25) is 14.4 Å². The molecule has 1 aliphatic carbocycles. The number of aryl methyl sites for hydroxylation is 1. The van der Waals surface area contributed by atoms with Gasteiger partial charge in [0, 0.05) is 36.2 Å². The van der Waals surface area contributed by atoms with E-state index in [-0.39, 0.29) is 23.6 Å². The van der Waals surface area contributed by atoms with E-state index in [0.29, 0.717) is 42.6 Å². The third-order valence-electron chi connectivity index (χ3n) is 7.07. The molecule has 2 amide bonds. The van der Waals surface area contributed by atoms with E-state index in [1.807, 2.05) is 55.1 Å². The van der Waals surface area contributed by atoms with E-state index in [1.54, 1.807) is 6.07 Å². The number of anilines is 1. The van der Waals surface area contributed by atoms with Crippen LogP contribution in [0.25, 0.3) is 0 Å². The molecular weight excluding hydrogens is 412 g/mol. The summed E-state index contributed by atoms with van der Waals surface area (Å²) in [6.45, 7) is 6.42. The van der Waals surface area contributed by atoms with Gasteiger partial charge in [0.15, 0.2) is 0 Å². The van der Waals surface area contributed by atoms with Gasteiger partial charge < -0.3 is 10.2 Å². The van der Waals surface area contributed by atoms with Gasteiger partial charge in [-0.25, -0.2) is 0 Å². The summed E-state index contributed by atoms with van der Waals surface area (Å²) < 4.78 is 0. The smallest absolute Gasteiger partial charge is 0.255 e. The molecule has 1 atom stereocenters. The van der Waals surface area contributed by atoms with Crippen LogP contribution < -0.4 is 5.32 Å². The van der Waals surface area contributed by atoms with Crippen LogP contribution in [0.2, 0.25) is 0 Å². The first kappa shape index (κ1) is 23.0. The predicted octanol–water partition coefficient (Wildman–Crippen LogP) is 5.83. The number of fused-ring (bicyclic) bond motifs is 1. The fourth-order valence-corrected chi connectivity index (χ4v) is 4.76. The van der Waals surface area contributed by atoms with Crippen molar-refractivity contribution in [1.82, 2.24) is 4.90 Å². The normalized spacial score (nSPS) is 15.7. The van der Waals surface area contributed by atoms with E-state index in [0.717, 1.165) is 24.0 Å². The number of nitrogens with zero attached hydrogens (tertiary/aromatic N) is 1. The Hall–Kier alpha value is -3.21. The average Bonchev–Trinajstić information content (AvgIpc) is 3.08. The van der Waals surface area contributed by atoms with Crippen molar-refractivity contribution >= 4 is 23.3 Å². The second-order valence-corrected chi connectivity index (χ2v) is 9.16. The summed E-state index contributed by atoms with van der Waals surface area (Å²) in [5, 5.41) is 2.97. The highest BCUT2D eigenvalue weighted by molar-refractivity contribution is 6.06. The first-order valence-electron chi connectivity index (χ1n) is 11.9. The Morgan fingerprint density at radius 2 is 1.88 bits per heavy atom. The number of hydrogen-bond acceptors (Lipinski definition) is 3. The van der Waals surface area contributed by atoms with Crippen LogP contribution in [0.3, 0.4) is 0 Å². The van der Waals surface area contributed by atoms with Gasteiger partial charge in [-0.1, -0.05) is 36.3 Å². The molecule has 2 aromatic rings. The van der Waals surface area contributed by atoms with Crippen LogP contribution in [0, 0.1) is 6.92 Å². The molecule has 0 saturated heterocycles. The molecule has 1 unspecified atom stereocenters. The summed E-state index contributed by atoms with van der Waals surface area (Å²) in [4.78, 5) is 40.0. The molecule has 0 aromatic heterocycles. The average molecular weight is 445 g/mol. The molecule has 4 rings (SSSR count). The van der Waals surface area contributed by atoms with Crippen molar-refractivity contribution in [1.29, 1.82) is 0 Å². The number of ketones is 1. The minimum Gasteiger partial charge on any atom is -0.328 e. The number of allylic oxidation sites excluding steroid dienone is 1. The number of carbonyl (C=O) groups excluding carboxylic acids is 3. The minimum absolute atomic E-state index is 0.00926. The number of rotatable bonds is 8. The first-order valence-corrected chi connectivity index (χ1v) is 11.9. The Morgan fingerprint density at radius 1 is 1.12 bits per heavy atom. The van der Waals surface area contributed by atoms with Crippen molar-refractivity contribution in [3.05, 3.63) is 75.9 Å². The van der Waals surface area contributed by atoms with E-state index >= 15 is 0 Å². The van der Waals surface area contributed by atoms with Gasteiger partial charge in [0.25, 0.3) is 11.8 Å². The summed E-state index contributed by atoms with van der Waals surface area (Å²) in [5.41, 5.74) is 6.52. The molecule has 1 N–H and O–H groups in total. The van der Waals surface area contributed by atoms with Crippen LogP contribution in [-0.2, 0) is 11.3 Å². The van der Waals surface area contributed by atoms with E-state index in [9.17, 15) is 14.4 Å². The minimum atomic E-state index is -0.157. The molecule has 33 heavy (non-hydrogen) atoms. The molecule has 172 valence electrons. The van der Waals surface area contributed by atoms with E-state index in [1.165, 1.54) is 17.6 Å². The van der Waals surface area contributed by atoms with Crippen LogP contribution in [0.4, 0.5) is 5.69 Å². The highest BCUT2D eigenvalue weighted by Crippen LogP contribution is 2.36. The molecule has 0 radical (unpaired) electrons. The van der Waals surface area contributed by atoms with Crippen molar-refractivity contribution < 1.29 is 14.4 Å². The zero-order chi connectivity index (χ0) is 23.5. The monoisotopic (exact) mass is 444 g/mol. The molecule has 1 fully saturated rings. The van der Waals surface area contributed by atoms with E-state index in [4.69, 9.17) is 0 Å². The second kappa shape index (κ2) is 9.74. The Balaban J connectivity index is 1.54. The third kappa shape index (κ3) is 4.77. The summed E-state index contributed by atoms with van der Waals surface area (Å²) >= 11 is 0. The van der Waals surface area contributed by atoms with Crippen molar-refractivity contribution in [3.8, 4) is 0 Å². The molecular formula is C28H32N2O3. The summed E-state index contributed by atoms with van der Waals surface area (Å²) in [5.74, 6) is 0.0857. The number of hydrogen-bond donors (Lipinski definition) is 1. The molecule has 0 spiro atoms. The molecule has 5 nitrogen and oxygen atoms in total. The zero-order valence-corrected chi connectivity index (χ0v) is 19.7. The SMILES string of the molecule is CCC(=O)CCC(C(C)=C1CCC1)N1Cc2cc(NC(=O)c3ccccc3C)ccc2C1=O. The molecule has 0 bridgehead atoms. The van der Waals surface area contributed by atoms with Crippen LogP contribution in [0.15, 0.2) is 53.6 Å². The van der Waals surface area contributed by atoms with Crippen molar-refractivity contribution in [2.75, 3.05) is 5.32 Å². The van der Waals surface area contributed by atoms with Crippen LogP contribution in [0.1, 0.15) is 84.2 Å². The topological polar surface area (TPSA) is 66.5 Å². The zero-order valence-electron chi connectivity index (χ0n) is 19.7. The molecule has 1 saturated carbocycles. The molecule has 1 aliphatic heterocycles. The van der Waals surface area contributed by atoms with Gasteiger partial charge >= 0.3 is 0 Å². The van der Waals surface area contributed by atoms with E-state index in [2.05, 4.69) is 12.2 Å². The maximum absolute atomic E-state index is 13.3. The lowest BCUT2D eigenvalue weighted by atomic mass is 9.84.